The van der Waals surface area contributed by atoms with Crippen molar-refractivity contribution in [3.05, 3.63) is 23.8 Å². The highest BCUT2D eigenvalue weighted by Gasteiger charge is 2.47. The third-order valence-corrected chi connectivity index (χ3v) is 4.29. The fourth-order valence-electron chi connectivity index (χ4n) is 3.04. The van der Waals surface area contributed by atoms with Crippen LogP contribution < -0.4 is 15.4 Å². The summed E-state index contributed by atoms with van der Waals surface area (Å²) in [6.07, 6.45) is 4.23. The van der Waals surface area contributed by atoms with E-state index < -0.39 is 0 Å². The number of benzene rings is 1. The normalized spacial score (nSPS) is 20.9. The number of nitrogens with two attached hydrogens (primary N) is 1. The zero-order valence-electron chi connectivity index (χ0n) is 10.4. The van der Waals surface area contributed by atoms with Crippen LogP contribution in [0.4, 0.5) is 5.69 Å². The Kier molecular flexibility index (Phi) is 2.51. The first-order chi connectivity index (χ1) is 8.26. The molecule has 0 radical (unpaired) electrons. The maximum Gasteiger partial charge on any atom is 0.142 e. The van der Waals surface area contributed by atoms with E-state index in [-0.39, 0.29) is 0 Å². The minimum Gasteiger partial charge on any atom is -0.495 e. The van der Waals surface area contributed by atoms with E-state index in [1.807, 2.05) is 0 Å². The number of hydrogen-bond donors (Lipinski definition) is 1. The lowest BCUT2D eigenvalue weighted by Crippen LogP contribution is -2.59. The smallest absolute Gasteiger partial charge is 0.142 e. The van der Waals surface area contributed by atoms with Gasteiger partial charge >= 0.3 is 0 Å². The summed E-state index contributed by atoms with van der Waals surface area (Å²) in [5.74, 6) is 0.960. The van der Waals surface area contributed by atoms with Crippen molar-refractivity contribution in [2.75, 3.05) is 25.1 Å². The molecule has 3 nitrogen and oxygen atoms in total. The molecule has 1 saturated carbocycles. The summed E-state index contributed by atoms with van der Waals surface area (Å²) in [7, 11) is 1.73. The van der Waals surface area contributed by atoms with Crippen LogP contribution in [-0.2, 0) is 6.54 Å². The lowest BCUT2D eigenvalue weighted by Gasteiger charge is -2.57. The van der Waals surface area contributed by atoms with Crippen molar-refractivity contribution in [2.45, 2.75) is 25.8 Å². The molecule has 0 aromatic heterocycles. The summed E-state index contributed by atoms with van der Waals surface area (Å²) < 4.78 is 5.47. The molecule has 1 aromatic carbocycles. The fraction of sp³-hybridized carbons (Fsp3) is 0.571. The number of methoxy groups -OCH3 is 1. The molecule has 3 rings (SSSR count). The predicted octanol–water partition coefficient (Wildman–Crippen LogP) is 2.14. The molecule has 0 amide bonds. The van der Waals surface area contributed by atoms with E-state index in [0.717, 1.165) is 11.3 Å². The van der Waals surface area contributed by atoms with Crippen molar-refractivity contribution in [1.29, 1.82) is 0 Å². The topological polar surface area (TPSA) is 38.5 Å². The second-order valence-electron chi connectivity index (χ2n) is 5.42. The number of rotatable bonds is 3. The Bertz CT molecular complexity index is 418. The number of anilines is 1. The van der Waals surface area contributed by atoms with Gasteiger partial charge in [0, 0.05) is 25.0 Å². The van der Waals surface area contributed by atoms with E-state index in [1.165, 1.54) is 38.0 Å². The molecule has 0 unspecified atom stereocenters. The Balaban J connectivity index is 1.78. The third-order valence-electron chi connectivity index (χ3n) is 4.29. The highest BCUT2D eigenvalue weighted by molar-refractivity contribution is 5.62. The van der Waals surface area contributed by atoms with Crippen LogP contribution in [0.5, 0.6) is 5.75 Å². The molecule has 1 aromatic rings. The molecule has 3 heteroatoms. The van der Waals surface area contributed by atoms with Crippen molar-refractivity contribution in [1.82, 2.24) is 0 Å². The van der Waals surface area contributed by atoms with Gasteiger partial charge in [0.2, 0.25) is 0 Å². The van der Waals surface area contributed by atoms with Gasteiger partial charge in [-0.15, -0.1) is 0 Å². The summed E-state index contributed by atoms with van der Waals surface area (Å²) in [6, 6.07) is 6.30. The number of nitrogens with zero attached hydrogens (tertiary/aromatic N) is 1. The zero-order valence-corrected chi connectivity index (χ0v) is 10.4. The molecule has 2 N–H and O–H groups in total. The van der Waals surface area contributed by atoms with Crippen molar-refractivity contribution in [2.24, 2.45) is 11.1 Å². The summed E-state index contributed by atoms with van der Waals surface area (Å²) >= 11 is 0. The van der Waals surface area contributed by atoms with Gasteiger partial charge in [-0.25, -0.2) is 0 Å². The van der Waals surface area contributed by atoms with Crippen LogP contribution in [0.3, 0.4) is 0 Å². The molecule has 17 heavy (non-hydrogen) atoms. The van der Waals surface area contributed by atoms with Gasteiger partial charge in [-0.3, -0.25) is 0 Å². The molecule has 1 saturated heterocycles. The van der Waals surface area contributed by atoms with Crippen LogP contribution >= 0.6 is 0 Å². The van der Waals surface area contributed by atoms with Gasteiger partial charge in [-0.2, -0.15) is 0 Å². The molecular weight excluding hydrogens is 212 g/mol. The molecule has 1 aliphatic heterocycles. The summed E-state index contributed by atoms with van der Waals surface area (Å²) in [5.41, 5.74) is 8.65. The fourth-order valence-corrected chi connectivity index (χ4v) is 3.04. The minimum absolute atomic E-state index is 0.570. The van der Waals surface area contributed by atoms with Crippen molar-refractivity contribution < 1.29 is 4.74 Å². The van der Waals surface area contributed by atoms with Crippen molar-refractivity contribution in [3.8, 4) is 5.75 Å². The van der Waals surface area contributed by atoms with E-state index in [2.05, 4.69) is 23.1 Å². The van der Waals surface area contributed by atoms with E-state index in [0.29, 0.717) is 12.0 Å². The molecule has 2 fully saturated rings. The van der Waals surface area contributed by atoms with Crippen LogP contribution in [-0.4, -0.2) is 20.2 Å². The van der Waals surface area contributed by atoms with Crippen LogP contribution in [0.1, 0.15) is 24.8 Å². The Morgan fingerprint density at radius 2 is 2.12 bits per heavy atom. The van der Waals surface area contributed by atoms with Crippen LogP contribution in [0, 0.1) is 5.41 Å². The maximum atomic E-state index is 5.65. The number of ether oxygens (including phenoxy) is 1. The van der Waals surface area contributed by atoms with Gasteiger partial charge in [0.15, 0.2) is 0 Å². The lowest BCUT2D eigenvalue weighted by molar-refractivity contribution is 0.0899. The van der Waals surface area contributed by atoms with Gasteiger partial charge in [0.25, 0.3) is 0 Å². The highest BCUT2D eigenvalue weighted by Crippen LogP contribution is 2.50. The molecule has 1 spiro atoms. The maximum absolute atomic E-state index is 5.65. The zero-order chi connectivity index (χ0) is 11.9. The SMILES string of the molecule is COc1cc(CN)ccc1N1CC2(CCC2)C1. The van der Waals surface area contributed by atoms with Crippen LogP contribution in [0.2, 0.25) is 0 Å². The molecule has 1 aliphatic carbocycles. The monoisotopic (exact) mass is 232 g/mol. The second kappa shape index (κ2) is 3.91. The highest BCUT2D eigenvalue weighted by atomic mass is 16.5. The molecule has 92 valence electrons. The van der Waals surface area contributed by atoms with Crippen molar-refractivity contribution in [3.63, 3.8) is 0 Å². The summed E-state index contributed by atoms with van der Waals surface area (Å²) in [5, 5.41) is 0. The van der Waals surface area contributed by atoms with Crippen LogP contribution in [0.25, 0.3) is 0 Å². The third kappa shape index (κ3) is 1.69. The molecule has 2 aliphatic rings. The molecule has 0 bridgehead atoms. The van der Waals surface area contributed by atoms with Gasteiger partial charge in [0.1, 0.15) is 5.75 Å². The van der Waals surface area contributed by atoms with E-state index >= 15 is 0 Å². The average molecular weight is 232 g/mol. The quantitative estimate of drug-likeness (QED) is 0.867. The Morgan fingerprint density at radius 1 is 1.35 bits per heavy atom. The van der Waals surface area contributed by atoms with Gasteiger partial charge in [-0.05, 0) is 30.5 Å². The standard InChI is InChI=1S/C14H20N2O/c1-17-13-7-11(8-15)3-4-12(13)16-9-14(10-16)5-2-6-14/h3-4,7H,2,5-6,8-10,15H2,1H3. The Labute approximate surface area is 103 Å². The average Bonchev–Trinajstić information content (AvgIpc) is 2.25. The predicted molar refractivity (Wildman–Crippen MR) is 69.4 cm³/mol. The second-order valence-corrected chi connectivity index (χ2v) is 5.42. The molecular formula is C14H20N2O. The van der Waals surface area contributed by atoms with Gasteiger partial charge < -0.3 is 15.4 Å². The van der Waals surface area contributed by atoms with E-state index in [1.54, 1.807) is 7.11 Å². The van der Waals surface area contributed by atoms with E-state index in [9.17, 15) is 0 Å². The summed E-state index contributed by atoms with van der Waals surface area (Å²) in [6.45, 7) is 2.97. The first kappa shape index (κ1) is 10.9. The Morgan fingerprint density at radius 3 is 2.65 bits per heavy atom. The molecule has 1 heterocycles. The Hall–Kier alpha value is -1.22. The van der Waals surface area contributed by atoms with E-state index in [4.69, 9.17) is 10.5 Å². The largest absolute Gasteiger partial charge is 0.495 e. The van der Waals surface area contributed by atoms with Gasteiger partial charge in [-0.1, -0.05) is 12.5 Å². The number of hydrogen-bond acceptors (Lipinski definition) is 3. The van der Waals surface area contributed by atoms with Crippen molar-refractivity contribution >= 4 is 5.69 Å². The van der Waals surface area contributed by atoms with Gasteiger partial charge in [0.05, 0.1) is 12.8 Å². The first-order valence-corrected chi connectivity index (χ1v) is 6.38. The molecule has 0 atom stereocenters. The lowest BCUT2D eigenvalue weighted by atomic mass is 9.63. The van der Waals surface area contributed by atoms with Crippen LogP contribution in [0.15, 0.2) is 18.2 Å². The first-order valence-electron chi connectivity index (χ1n) is 6.38. The summed E-state index contributed by atoms with van der Waals surface area (Å²) in [4.78, 5) is 2.43. The minimum atomic E-state index is 0.570.